The van der Waals surface area contributed by atoms with E-state index in [2.05, 4.69) is 10.4 Å². The summed E-state index contributed by atoms with van der Waals surface area (Å²) in [7, 11) is 0. The Morgan fingerprint density at radius 2 is 1.55 bits per heavy atom. The molecule has 0 fully saturated rings. The second-order valence-corrected chi connectivity index (χ2v) is 8.78. The molecule has 1 heterocycles. The second kappa shape index (κ2) is 10.5. The number of anilines is 1. The Kier molecular flexibility index (Phi) is 7.46. The van der Waals surface area contributed by atoms with Gasteiger partial charge in [0.25, 0.3) is 5.91 Å². The Hall–Kier alpha value is -2.70. The van der Waals surface area contributed by atoms with Crippen molar-refractivity contribution in [3.05, 3.63) is 110 Å². The number of rotatable bonds is 7. The lowest BCUT2D eigenvalue weighted by molar-refractivity contribution is 0.102. The van der Waals surface area contributed by atoms with E-state index in [0.29, 0.717) is 50.1 Å². The molecular weight excluding hydrogens is 504 g/mol. The average molecular weight is 521 g/mol. The molecule has 0 aliphatic heterocycles. The molecule has 1 aromatic heterocycles. The third-order valence-electron chi connectivity index (χ3n) is 4.77. The van der Waals surface area contributed by atoms with Crippen molar-refractivity contribution < 1.29 is 9.53 Å². The Morgan fingerprint density at radius 3 is 2.21 bits per heavy atom. The van der Waals surface area contributed by atoms with Crippen LogP contribution in [0.4, 0.5) is 5.82 Å². The van der Waals surface area contributed by atoms with E-state index in [-0.39, 0.29) is 11.7 Å². The highest BCUT2D eigenvalue weighted by Gasteiger charge is 2.14. The normalized spacial score (nSPS) is 10.8. The van der Waals surface area contributed by atoms with E-state index in [1.54, 1.807) is 65.5 Å². The van der Waals surface area contributed by atoms with E-state index in [1.165, 1.54) is 0 Å². The molecule has 4 rings (SSSR count). The summed E-state index contributed by atoms with van der Waals surface area (Å²) in [4.78, 5) is 12.7. The van der Waals surface area contributed by atoms with Crippen LogP contribution in [-0.2, 0) is 13.2 Å². The van der Waals surface area contributed by atoms with Gasteiger partial charge in [-0.15, -0.1) is 0 Å². The zero-order valence-corrected chi connectivity index (χ0v) is 20.1. The first-order chi connectivity index (χ1) is 15.9. The molecule has 0 saturated heterocycles. The number of hydrogen-bond acceptors (Lipinski definition) is 3. The lowest BCUT2D eigenvalue weighted by atomic mass is 10.1. The van der Waals surface area contributed by atoms with Crippen LogP contribution in [0.5, 0.6) is 5.75 Å². The molecule has 0 saturated carbocycles. The minimum Gasteiger partial charge on any atom is -0.489 e. The molecule has 33 heavy (non-hydrogen) atoms. The predicted octanol–water partition coefficient (Wildman–Crippen LogP) is 7.38. The van der Waals surface area contributed by atoms with E-state index >= 15 is 0 Å². The first-order valence-corrected chi connectivity index (χ1v) is 11.3. The molecule has 0 aliphatic rings. The fourth-order valence-electron chi connectivity index (χ4n) is 3.04. The molecule has 1 amide bonds. The Bertz CT molecular complexity index is 1250. The first kappa shape index (κ1) is 23.5. The van der Waals surface area contributed by atoms with Crippen LogP contribution in [0, 0.1) is 0 Å². The number of halogens is 4. The summed E-state index contributed by atoms with van der Waals surface area (Å²) in [6, 6.07) is 19.5. The number of benzene rings is 3. The monoisotopic (exact) mass is 519 g/mol. The largest absolute Gasteiger partial charge is 0.489 e. The quantitative estimate of drug-likeness (QED) is 0.276. The molecule has 0 aliphatic carbocycles. The van der Waals surface area contributed by atoms with Crippen molar-refractivity contribution in [3.8, 4) is 5.75 Å². The van der Waals surface area contributed by atoms with Gasteiger partial charge in [0.15, 0.2) is 5.82 Å². The molecule has 0 unspecified atom stereocenters. The van der Waals surface area contributed by atoms with Gasteiger partial charge in [0.2, 0.25) is 0 Å². The van der Waals surface area contributed by atoms with Crippen molar-refractivity contribution in [2.24, 2.45) is 0 Å². The van der Waals surface area contributed by atoms with Crippen LogP contribution in [-0.4, -0.2) is 15.7 Å². The lowest BCUT2D eigenvalue weighted by Gasteiger charge is -2.08. The molecule has 1 N–H and O–H groups in total. The third kappa shape index (κ3) is 6.01. The van der Waals surface area contributed by atoms with Gasteiger partial charge in [-0.3, -0.25) is 9.48 Å². The topological polar surface area (TPSA) is 56.2 Å². The van der Waals surface area contributed by atoms with Crippen molar-refractivity contribution >= 4 is 58.1 Å². The van der Waals surface area contributed by atoms with Crippen molar-refractivity contribution in [1.82, 2.24) is 9.78 Å². The third-order valence-corrected chi connectivity index (χ3v) is 6.00. The summed E-state index contributed by atoms with van der Waals surface area (Å²) < 4.78 is 7.29. The molecule has 0 radical (unpaired) electrons. The van der Waals surface area contributed by atoms with Crippen LogP contribution in [0.15, 0.2) is 72.9 Å². The van der Waals surface area contributed by atoms with Crippen molar-refractivity contribution in [3.63, 3.8) is 0 Å². The predicted molar refractivity (Wildman–Crippen MR) is 133 cm³/mol. The van der Waals surface area contributed by atoms with Crippen LogP contribution < -0.4 is 10.1 Å². The van der Waals surface area contributed by atoms with Gasteiger partial charge in [0.05, 0.1) is 6.54 Å². The second-order valence-electron chi connectivity index (χ2n) is 7.12. The van der Waals surface area contributed by atoms with Crippen LogP contribution in [0.2, 0.25) is 20.1 Å². The maximum Gasteiger partial charge on any atom is 0.256 e. The number of carbonyl (C=O) groups excluding carboxylic acids is 1. The number of carbonyl (C=O) groups is 1. The lowest BCUT2D eigenvalue weighted by Crippen LogP contribution is -2.13. The molecular formula is C24H17Cl4N3O2. The van der Waals surface area contributed by atoms with Crippen molar-refractivity contribution in [1.29, 1.82) is 0 Å². The Labute approximate surface area is 210 Å². The van der Waals surface area contributed by atoms with Crippen LogP contribution in [0.25, 0.3) is 0 Å². The molecule has 9 heteroatoms. The smallest absolute Gasteiger partial charge is 0.256 e. The first-order valence-electron chi connectivity index (χ1n) is 9.83. The number of amides is 1. The maximum atomic E-state index is 12.7. The number of aromatic nitrogens is 2. The zero-order chi connectivity index (χ0) is 23.4. The highest BCUT2D eigenvalue weighted by Crippen LogP contribution is 2.27. The Balaban J connectivity index is 1.38. The minimum atomic E-state index is -0.330. The van der Waals surface area contributed by atoms with Crippen LogP contribution in [0.1, 0.15) is 21.5 Å². The number of nitrogens with one attached hydrogen (secondary N) is 1. The van der Waals surface area contributed by atoms with Gasteiger partial charge >= 0.3 is 0 Å². The van der Waals surface area contributed by atoms with Crippen molar-refractivity contribution in [2.45, 2.75) is 13.2 Å². The van der Waals surface area contributed by atoms with Gasteiger partial charge in [0.1, 0.15) is 17.4 Å². The fourth-order valence-corrected chi connectivity index (χ4v) is 3.88. The van der Waals surface area contributed by atoms with Gasteiger partial charge in [-0.1, -0.05) is 64.6 Å². The van der Waals surface area contributed by atoms with Gasteiger partial charge in [-0.05, 0) is 54.1 Å². The highest BCUT2D eigenvalue weighted by molar-refractivity contribution is 6.36. The molecule has 0 atom stereocenters. The standard InChI is InChI=1S/C24H17Cl4N3O2/c25-17-8-10-18(11-9-17)33-14-15-4-6-16(7-5-15)24(32)29-23-22(28)13-31(30-23)12-19-20(26)2-1-3-21(19)27/h1-11,13H,12,14H2,(H,29,30,32). The molecule has 168 valence electrons. The SMILES string of the molecule is O=C(Nc1nn(Cc2c(Cl)cccc2Cl)cc1Cl)c1ccc(COc2ccc(Cl)cc2)cc1. The molecule has 0 bridgehead atoms. The zero-order valence-electron chi connectivity index (χ0n) is 17.1. The van der Waals surface area contributed by atoms with Gasteiger partial charge < -0.3 is 10.1 Å². The minimum absolute atomic E-state index is 0.250. The van der Waals surface area contributed by atoms with E-state index in [4.69, 9.17) is 51.1 Å². The summed E-state index contributed by atoms with van der Waals surface area (Å²) in [5, 5.41) is 9.09. The van der Waals surface area contributed by atoms with E-state index in [9.17, 15) is 4.79 Å². The molecule has 3 aromatic carbocycles. The number of hydrogen-bond donors (Lipinski definition) is 1. The summed E-state index contributed by atoms with van der Waals surface area (Å²) in [5.41, 5.74) is 2.10. The van der Waals surface area contributed by atoms with E-state index in [1.807, 2.05) is 12.1 Å². The van der Waals surface area contributed by atoms with Gasteiger partial charge in [-0.2, -0.15) is 5.10 Å². The van der Waals surface area contributed by atoms with E-state index in [0.717, 1.165) is 5.56 Å². The highest BCUT2D eigenvalue weighted by atomic mass is 35.5. The van der Waals surface area contributed by atoms with Crippen LogP contribution >= 0.6 is 46.4 Å². The number of nitrogens with zero attached hydrogens (tertiary/aromatic N) is 2. The summed E-state index contributed by atoms with van der Waals surface area (Å²) in [6.45, 7) is 0.681. The Morgan fingerprint density at radius 1 is 0.879 bits per heavy atom. The average Bonchev–Trinajstić information content (AvgIpc) is 3.15. The maximum absolute atomic E-state index is 12.7. The van der Waals surface area contributed by atoms with E-state index < -0.39 is 0 Å². The number of ether oxygens (including phenoxy) is 1. The summed E-state index contributed by atoms with van der Waals surface area (Å²) in [6.07, 6.45) is 1.61. The fraction of sp³-hybridized carbons (Fsp3) is 0.0833. The van der Waals surface area contributed by atoms with Gasteiger partial charge in [0, 0.05) is 32.4 Å². The molecule has 0 spiro atoms. The van der Waals surface area contributed by atoms with Crippen LogP contribution in [0.3, 0.4) is 0 Å². The van der Waals surface area contributed by atoms with Gasteiger partial charge in [-0.25, -0.2) is 0 Å². The summed E-state index contributed by atoms with van der Waals surface area (Å²) in [5.74, 6) is 0.632. The molecule has 4 aromatic rings. The summed E-state index contributed by atoms with van der Waals surface area (Å²) >= 11 is 24.6. The molecule has 5 nitrogen and oxygen atoms in total. The van der Waals surface area contributed by atoms with Crippen molar-refractivity contribution in [2.75, 3.05) is 5.32 Å².